The van der Waals surface area contributed by atoms with E-state index in [1.165, 1.54) is 37.5 Å². The summed E-state index contributed by atoms with van der Waals surface area (Å²) in [6.45, 7) is 1.71. The summed E-state index contributed by atoms with van der Waals surface area (Å²) in [7, 11) is 1.39. The third-order valence-corrected chi connectivity index (χ3v) is 6.34. The van der Waals surface area contributed by atoms with Crippen LogP contribution in [-0.2, 0) is 16.2 Å². The molecule has 4 amide bonds. The number of rotatable bonds is 7. The van der Waals surface area contributed by atoms with Crippen molar-refractivity contribution in [2.24, 2.45) is 0 Å². The first-order chi connectivity index (χ1) is 18.1. The quantitative estimate of drug-likeness (QED) is 0.162. The number of methoxy groups -OCH3 is 1. The molecule has 0 spiro atoms. The topological polar surface area (TPSA) is 128 Å². The van der Waals surface area contributed by atoms with Crippen molar-refractivity contribution in [3.8, 4) is 11.5 Å². The van der Waals surface area contributed by atoms with Gasteiger partial charge in [0.05, 0.1) is 22.7 Å². The maximum atomic E-state index is 13.3. The van der Waals surface area contributed by atoms with Gasteiger partial charge in [-0.2, -0.15) is 0 Å². The van der Waals surface area contributed by atoms with Crippen molar-refractivity contribution in [3.63, 3.8) is 0 Å². The molecule has 0 atom stereocenters. The average Bonchev–Trinajstić information content (AvgIpc) is 2.86. The number of carbonyl (C=O) groups is 3. The fourth-order valence-corrected chi connectivity index (χ4v) is 4.54. The van der Waals surface area contributed by atoms with Gasteiger partial charge < -0.3 is 9.47 Å². The van der Waals surface area contributed by atoms with E-state index in [4.69, 9.17) is 21.1 Å². The number of halogens is 2. The molecule has 1 heterocycles. The molecule has 1 aliphatic rings. The van der Waals surface area contributed by atoms with Crippen molar-refractivity contribution in [3.05, 3.63) is 96.5 Å². The molecular weight excluding hydrogens is 582 g/mol. The van der Waals surface area contributed by atoms with Gasteiger partial charge in [-0.1, -0.05) is 39.7 Å². The maximum Gasteiger partial charge on any atom is 0.335 e. The first kappa shape index (κ1) is 26.8. The number of benzene rings is 3. The lowest BCUT2D eigenvalue weighted by Gasteiger charge is -2.27. The van der Waals surface area contributed by atoms with Gasteiger partial charge in [0.25, 0.3) is 17.5 Å². The lowest BCUT2D eigenvalue weighted by Crippen LogP contribution is -2.54. The monoisotopic (exact) mass is 599 g/mol. The number of nitro benzene ring substituents is 1. The number of hydrogen-bond donors (Lipinski definition) is 1. The molecule has 0 unspecified atom stereocenters. The number of amides is 4. The minimum atomic E-state index is -0.858. The molecule has 0 aliphatic carbocycles. The van der Waals surface area contributed by atoms with Crippen molar-refractivity contribution < 1.29 is 28.8 Å². The van der Waals surface area contributed by atoms with Crippen LogP contribution in [0, 0.1) is 17.0 Å². The molecule has 1 N–H and O–H groups in total. The molecule has 1 fully saturated rings. The van der Waals surface area contributed by atoms with Crippen molar-refractivity contribution in [2.75, 3.05) is 12.0 Å². The lowest BCUT2D eigenvalue weighted by molar-refractivity contribution is -0.384. The number of imide groups is 2. The van der Waals surface area contributed by atoms with Crippen LogP contribution in [0.4, 0.5) is 16.2 Å². The predicted octanol–water partition coefficient (Wildman–Crippen LogP) is 5.57. The molecule has 0 bridgehead atoms. The lowest BCUT2D eigenvalue weighted by atomic mass is 10.1. The highest BCUT2D eigenvalue weighted by molar-refractivity contribution is 9.10. The average molecular weight is 601 g/mol. The second-order valence-electron chi connectivity index (χ2n) is 8.14. The molecule has 0 aromatic heterocycles. The predicted molar refractivity (Wildman–Crippen MR) is 143 cm³/mol. The normalized spacial score (nSPS) is 14.5. The van der Waals surface area contributed by atoms with Crippen molar-refractivity contribution in [1.82, 2.24) is 5.32 Å². The third-order valence-electron chi connectivity index (χ3n) is 5.57. The highest BCUT2D eigenvalue weighted by atomic mass is 79.9. The second-order valence-corrected chi connectivity index (χ2v) is 9.46. The number of nitro groups is 1. The zero-order valence-corrected chi connectivity index (χ0v) is 22.3. The Morgan fingerprint density at radius 1 is 1.13 bits per heavy atom. The van der Waals surface area contributed by atoms with Crippen LogP contribution in [0.2, 0.25) is 5.02 Å². The van der Waals surface area contributed by atoms with E-state index in [1.54, 1.807) is 37.3 Å². The number of ether oxygens (including phenoxy) is 2. The number of carbonyl (C=O) groups excluding carboxylic acids is 3. The summed E-state index contributed by atoms with van der Waals surface area (Å²) in [6.07, 6.45) is 1.30. The van der Waals surface area contributed by atoms with Crippen LogP contribution in [0.15, 0.2) is 64.6 Å². The van der Waals surface area contributed by atoms with Crippen LogP contribution in [0.1, 0.15) is 16.7 Å². The van der Waals surface area contributed by atoms with E-state index in [1.807, 2.05) is 0 Å². The molecule has 38 heavy (non-hydrogen) atoms. The minimum absolute atomic E-state index is 0.0251. The summed E-state index contributed by atoms with van der Waals surface area (Å²) in [6, 6.07) is 13.1. The van der Waals surface area contributed by atoms with E-state index in [2.05, 4.69) is 21.2 Å². The van der Waals surface area contributed by atoms with Crippen molar-refractivity contribution in [2.45, 2.75) is 13.5 Å². The number of nitrogens with one attached hydrogen (secondary N) is 1. The van der Waals surface area contributed by atoms with E-state index < -0.39 is 22.8 Å². The second kappa shape index (κ2) is 11.0. The summed E-state index contributed by atoms with van der Waals surface area (Å²) in [5.41, 5.74) is 1.50. The van der Waals surface area contributed by atoms with Gasteiger partial charge in [0, 0.05) is 16.6 Å². The number of urea groups is 1. The van der Waals surface area contributed by atoms with E-state index in [9.17, 15) is 24.5 Å². The number of nitrogens with zero attached hydrogens (tertiary/aromatic N) is 2. The summed E-state index contributed by atoms with van der Waals surface area (Å²) in [4.78, 5) is 49.8. The number of aryl methyl sites for hydroxylation is 1. The molecular formula is C26H19BrClN3O7. The largest absolute Gasteiger partial charge is 0.493 e. The van der Waals surface area contributed by atoms with Crippen LogP contribution in [0.3, 0.4) is 0 Å². The summed E-state index contributed by atoms with van der Waals surface area (Å²) in [5.74, 6) is -1.28. The Kier molecular flexibility index (Phi) is 7.79. The molecule has 0 radical (unpaired) electrons. The smallest absolute Gasteiger partial charge is 0.335 e. The zero-order chi connectivity index (χ0) is 27.6. The molecule has 1 aliphatic heterocycles. The summed E-state index contributed by atoms with van der Waals surface area (Å²) < 4.78 is 11.9. The Labute approximate surface area is 230 Å². The molecule has 194 valence electrons. The Morgan fingerprint density at radius 2 is 1.89 bits per heavy atom. The van der Waals surface area contributed by atoms with Gasteiger partial charge >= 0.3 is 6.03 Å². The fraction of sp³-hybridized carbons (Fsp3) is 0.115. The molecule has 0 saturated carbocycles. The van der Waals surface area contributed by atoms with Gasteiger partial charge in [0.2, 0.25) is 0 Å². The number of anilines is 1. The van der Waals surface area contributed by atoms with E-state index in [0.717, 1.165) is 9.37 Å². The number of barbiturate groups is 1. The van der Waals surface area contributed by atoms with Gasteiger partial charge in [-0.25, -0.2) is 9.69 Å². The van der Waals surface area contributed by atoms with Gasteiger partial charge in [0.15, 0.2) is 11.5 Å². The molecule has 4 rings (SSSR count). The summed E-state index contributed by atoms with van der Waals surface area (Å²) >= 11 is 9.78. The minimum Gasteiger partial charge on any atom is -0.493 e. The van der Waals surface area contributed by atoms with Crippen LogP contribution < -0.4 is 19.7 Å². The third kappa shape index (κ3) is 5.53. The SMILES string of the molecule is COc1cc(/C=C2/C(=O)NC(=O)N(c3ccc(Br)cc3C)C2=O)cc(Cl)c1OCc1cccc([N+](=O)[O-])c1. The van der Waals surface area contributed by atoms with E-state index in [-0.39, 0.29) is 34.4 Å². The number of hydrogen-bond acceptors (Lipinski definition) is 7. The highest BCUT2D eigenvalue weighted by Gasteiger charge is 2.37. The number of non-ortho nitro benzene ring substituents is 1. The van der Waals surface area contributed by atoms with Gasteiger partial charge in [-0.05, 0) is 60.0 Å². The van der Waals surface area contributed by atoms with Gasteiger partial charge in [-0.15, -0.1) is 0 Å². The molecule has 10 nitrogen and oxygen atoms in total. The van der Waals surface area contributed by atoms with Crippen LogP contribution in [0.25, 0.3) is 6.08 Å². The molecule has 3 aromatic carbocycles. The summed E-state index contributed by atoms with van der Waals surface area (Å²) in [5, 5.41) is 13.3. The van der Waals surface area contributed by atoms with E-state index in [0.29, 0.717) is 22.4 Å². The van der Waals surface area contributed by atoms with Crippen molar-refractivity contribution >= 4 is 62.8 Å². The Morgan fingerprint density at radius 3 is 2.58 bits per heavy atom. The van der Waals surface area contributed by atoms with Crippen LogP contribution in [-0.4, -0.2) is 29.9 Å². The molecule has 12 heteroatoms. The fourth-order valence-electron chi connectivity index (χ4n) is 3.79. The first-order valence-corrected chi connectivity index (χ1v) is 12.2. The zero-order valence-electron chi connectivity index (χ0n) is 20.0. The van der Waals surface area contributed by atoms with Crippen LogP contribution >= 0.6 is 27.5 Å². The van der Waals surface area contributed by atoms with Gasteiger partial charge in [0.1, 0.15) is 12.2 Å². The first-order valence-electron chi connectivity index (χ1n) is 11.0. The molecule has 1 saturated heterocycles. The Balaban J connectivity index is 1.64. The van der Waals surface area contributed by atoms with E-state index >= 15 is 0 Å². The van der Waals surface area contributed by atoms with Gasteiger partial charge in [-0.3, -0.25) is 25.0 Å². The standard InChI is InChI=1S/C26H19BrClN3O7/c1-14-8-17(27)6-7-21(14)30-25(33)19(24(32)29-26(30)34)10-16-11-20(28)23(22(12-16)37-2)38-13-15-4-3-5-18(9-15)31(35)36/h3-12H,13H2,1-2H3,(H,29,32,34)/b19-10-. The highest BCUT2D eigenvalue weighted by Crippen LogP contribution is 2.38. The van der Waals surface area contributed by atoms with Crippen molar-refractivity contribution in [1.29, 1.82) is 0 Å². The Hall–Kier alpha value is -4.22. The maximum absolute atomic E-state index is 13.3. The Bertz CT molecular complexity index is 1520. The van der Waals surface area contributed by atoms with Crippen LogP contribution in [0.5, 0.6) is 11.5 Å². The molecule has 3 aromatic rings.